The lowest BCUT2D eigenvalue weighted by Gasteiger charge is -2.40. The smallest absolute Gasteiger partial charge is 0.411 e. The van der Waals surface area contributed by atoms with Crippen molar-refractivity contribution in [3.8, 4) is 28.7 Å². The van der Waals surface area contributed by atoms with Gasteiger partial charge >= 0.3 is 6.09 Å². The van der Waals surface area contributed by atoms with Gasteiger partial charge in [-0.3, -0.25) is 4.90 Å². The summed E-state index contributed by atoms with van der Waals surface area (Å²) >= 11 is 0. The second-order valence-electron chi connectivity index (χ2n) is 7.19. The highest BCUT2D eigenvalue weighted by Crippen LogP contribution is 2.51. The average molecular weight is 415 g/mol. The first-order valence-electron chi connectivity index (χ1n) is 9.43. The van der Waals surface area contributed by atoms with Crippen LogP contribution in [0.1, 0.15) is 28.8 Å². The zero-order valence-corrected chi connectivity index (χ0v) is 16.7. The molecule has 0 spiro atoms. The number of rotatable bonds is 4. The van der Waals surface area contributed by atoms with Crippen molar-refractivity contribution in [1.82, 2.24) is 4.90 Å². The topological polar surface area (TPSA) is 95.9 Å². The van der Waals surface area contributed by atoms with Crippen molar-refractivity contribution in [2.45, 2.75) is 18.2 Å². The predicted octanol–water partition coefficient (Wildman–Crippen LogP) is 2.40. The van der Waals surface area contributed by atoms with Crippen LogP contribution in [0.25, 0.3) is 0 Å². The lowest BCUT2D eigenvalue weighted by Crippen LogP contribution is -2.45. The number of aliphatic hydroxyl groups is 1. The molecule has 5 rings (SSSR count). The van der Waals surface area contributed by atoms with Crippen LogP contribution in [0.15, 0.2) is 24.3 Å². The van der Waals surface area contributed by atoms with Crippen molar-refractivity contribution in [3.05, 3.63) is 41.0 Å². The molecule has 158 valence electrons. The highest BCUT2D eigenvalue weighted by molar-refractivity contribution is 5.74. The fourth-order valence-corrected chi connectivity index (χ4v) is 4.41. The molecule has 0 aromatic heterocycles. The molecule has 1 saturated heterocycles. The van der Waals surface area contributed by atoms with Crippen molar-refractivity contribution in [3.63, 3.8) is 0 Å². The Kier molecular flexibility index (Phi) is 4.28. The van der Waals surface area contributed by atoms with Gasteiger partial charge in [0.25, 0.3) is 0 Å². The summed E-state index contributed by atoms with van der Waals surface area (Å²) < 4.78 is 32.7. The molecule has 9 nitrogen and oxygen atoms in total. The molecule has 0 unspecified atom stereocenters. The summed E-state index contributed by atoms with van der Waals surface area (Å²) in [6.07, 6.45) is -1.42. The maximum atomic E-state index is 12.7. The summed E-state index contributed by atoms with van der Waals surface area (Å²) in [7, 11) is 4.59. The van der Waals surface area contributed by atoms with Gasteiger partial charge in [0.15, 0.2) is 23.0 Å². The number of methoxy groups -OCH3 is 3. The van der Waals surface area contributed by atoms with Gasteiger partial charge in [-0.2, -0.15) is 0 Å². The second kappa shape index (κ2) is 6.88. The van der Waals surface area contributed by atoms with Gasteiger partial charge in [0.05, 0.1) is 27.4 Å². The van der Waals surface area contributed by atoms with Gasteiger partial charge in [-0.1, -0.05) is 0 Å². The second-order valence-corrected chi connectivity index (χ2v) is 7.19. The van der Waals surface area contributed by atoms with E-state index in [-0.39, 0.29) is 13.4 Å². The van der Waals surface area contributed by atoms with E-state index in [1.165, 1.54) is 21.3 Å². The third-order valence-corrected chi connectivity index (χ3v) is 5.78. The van der Waals surface area contributed by atoms with Gasteiger partial charge in [0.2, 0.25) is 12.5 Å². The van der Waals surface area contributed by atoms with Gasteiger partial charge in [-0.15, -0.1) is 0 Å². The molecule has 0 radical (unpaired) electrons. The van der Waals surface area contributed by atoms with Crippen molar-refractivity contribution in [2.75, 3.05) is 34.7 Å². The number of amides is 1. The van der Waals surface area contributed by atoms with Gasteiger partial charge in [0.1, 0.15) is 18.8 Å². The Balaban J connectivity index is 1.74. The van der Waals surface area contributed by atoms with Crippen molar-refractivity contribution >= 4 is 6.09 Å². The van der Waals surface area contributed by atoms with E-state index in [1.54, 1.807) is 29.2 Å². The highest BCUT2D eigenvalue weighted by atomic mass is 16.7. The van der Waals surface area contributed by atoms with Crippen molar-refractivity contribution < 1.29 is 38.3 Å². The summed E-state index contributed by atoms with van der Waals surface area (Å²) in [6, 6.07) is 6.08. The van der Waals surface area contributed by atoms with E-state index in [2.05, 4.69) is 0 Å². The molecule has 1 N–H and O–H groups in total. The molecule has 0 bridgehead atoms. The molecule has 9 heteroatoms. The molecule has 0 saturated carbocycles. The number of carbonyl (C=O) groups is 1. The molecule has 3 heterocycles. The van der Waals surface area contributed by atoms with Gasteiger partial charge < -0.3 is 33.5 Å². The Morgan fingerprint density at radius 2 is 1.57 bits per heavy atom. The molecule has 3 aliphatic rings. The maximum absolute atomic E-state index is 12.7. The number of benzene rings is 2. The van der Waals surface area contributed by atoms with Crippen molar-refractivity contribution in [2.24, 2.45) is 0 Å². The zero-order valence-electron chi connectivity index (χ0n) is 16.7. The minimum atomic E-state index is -0.917. The summed E-state index contributed by atoms with van der Waals surface area (Å²) in [5.74, 6) is 2.50. The van der Waals surface area contributed by atoms with Crippen LogP contribution in [-0.2, 0) is 4.74 Å². The molecule has 3 aliphatic heterocycles. The normalized spacial score (nSPS) is 23.5. The number of nitrogens with zero attached hydrogens (tertiary/aromatic N) is 1. The SMILES string of the molecule is COc1cc([C@@H]2c3cc4c(cc3[C@H](O)[C@H]3COC(=O)N23)OCO4)cc(OC)c1OC. The first kappa shape index (κ1) is 18.7. The molecule has 3 atom stereocenters. The number of carbonyl (C=O) groups excluding carboxylic acids is 1. The lowest BCUT2D eigenvalue weighted by molar-refractivity contribution is 0.0586. The molecule has 30 heavy (non-hydrogen) atoms. The number of ether oxygens (including phenoxy) is 6. The van der Waals surface area contributed by atoms with E-state index < -0.39 is 24.3 Å². The molecular weight excluding hydrogens is 394 g/mol. The molecule has 2 aromatic rings. The van der Waals surface area contributed by atoms with Crippen LogP contribution in [-0.4, -0.2) is 56.9 Å². The number of fused-ring (bicyclic) bond motifs is 3. The number of aliphatic hydroxyl groups excluding tert-OH is 1. The Morgan fingerprint density at radius 1 is 0.933 bits per heavy atom. The highest BCUT2D eigenvalue weighted by Gasteiger charge is 2.49. The summed E-state index contributed by atoms with van der Waals surface area (Å²) in [5, 5.41) is 11.0. The monoisotopic (exact) mass is 415 g/mol. The number of hydrogen-bond donors (Lipinski definition) is 1. The van der Waals surface area contributed by atoms with Crippen LogP contribution in [0.4, 0.5) is 4.79 Å². The average Bonchev–Trinajstić information content (AvgIpc) is 3.38. The Bertz CT molecular complexity index is 997. The van der Waals surface area contributed by atoms with Gasteiger partial charge in [0, 0.05) is 0 Å². The number of cyclic esters (lactones) is 1. The van der Waals surface area contributed by atoms with Crippen LogP contribution in [0.5, 0.6) is 28.7 Å². The van der Waals surface area contributed by atoms with E-state index in [4.69, 9.17) is 28.4 Å². The number of hydrogen-bond acceptors (Lipinski definition) is 8. The van der Waals surface area contributed by atoms with Crippen molar-refractivity contribution in [1.29, 1.82) is 0 Å². The third kappa shape index (κ3) is 2.55. The fraction of sp³-hybridized carbons (Fsp3) is 0.381. The Hall–Kier alpha value is -3.33. The summed E-state index contributed by atoms with van der Waals surface area (Å²) in [6.45, 7) is 0.202. The van der Waals surface area contributed by atoms with Crippen LogP contribution in [0, 0.1) is 0 Å². The molecule has 1 amide bonds. The zero-order chi connectivity index (χ0) is 21.0. The van der Waals surface area contributed by atoms with E-state index in [1.807, 2.05) is 0 Å². The first-order valence-corrected chi connectivity index (χ1v) is 9.43. The third-order valence-electron chi connectivity index (χ3n) is 5.78. The quantitative estimate of drug-likeness (QED) is 0.813. The largest absolute Gasteiger partial charge is 0.493 e. The summed E-state index contributed by atoms with van der Waals surface area (Å²) in [5.41, 5.74) is 2.11. The van der Waals surface area contributed by atoms with Crippen LogP contribution in [0.2, 0.25) is 0 Å². The first-order chi connectivity index (χ1) is 14.6. The molecule has 2 aromatic carbocycles. The van der Waals surface area contributed by atoms with Crippen LogP contribution >= 0.6 is 0 Å². The van der Waals surface area contributed by atoms with E-state index in [0.29, 0.717) is 34.3 Å². The Morgan fingerprint density at radius 3 is 2.17 bits per heavy atom. The van der Waals surface area contributed by atoms with E-state index >= 15 is 0 Å². The molecule has 0 aliphatic carbocycles. The van der Waals surface area contributed by atoms with Crippen LogP contribution < -0.4 is 23.7 Å². The molecule has 1 fully saturated rings. The lowest BCUT2D eigenvalue weighted by atomic mass is 9.83. The Labute approximate surface area is 172 Å². The van der Waals surface area contributed by atoms with Crippen LogP contribution in [0.3, 0.4) is 0 Å². The predicted molar refractivity (Wildman–Crippen MR) is 102 cm³/mol. The van der Waals surface area contributed by atoms with E-state index in [0.717, 1.165) is 11.1 Å². The van der Waals surface area contributed by atoms with E-state index in [9.17, 15) is 9.90 Å². The molecular formula is C21H21NO8. The van der Waals surface area contributed by atoms with Gasteiger partial charge in [-0.05, 0) is 41.0 Å². The maximum Gasteiger partial charge on any atom is 0.411 e. The summed E-state index contributed by atoms with van der Waals surface area (Å²) in [4.78, 5) is 14.2. The standard InChI is InChI=1S/C21H21NO8/c1-25-16-4-10(5-17(26-2)20(16)27-3)18-11-6-14-15(30-9-29-14)7-12(11)19(23)13-8-28-21(24)22(13)18/h4-7,13,18-19,23H,8-9H2,1-3H3/t13-,18-,19+/m1/s1. The van der Waals surface area contributed by atoms with Gasteiger partial charge in [-0.25, -0.2) is 4.79 Å². The minimum Gasteiger partial charge on any atom is -0.493 e. The fourth-order valence-electron chi connectivity index (χ4n) is 4.41. The minimum absolute atomic E-state index is 0.0921.